The van der Waals surface area contributed by atoms with E-state index in [1.807, 2.05) is 32.0 Å². The van der Waals surface area contributed by atoms with Crippen molar-refractivity contribution in [3.8, 4) is 11.1 Å². The van der Waals surface area contributed by atoms with Crippen LogP contribution in [0.15, 0.2) is 66.7 Å². The molecule has 1 amide bonds. The summed E-state index contributed by atoms with van der Waals surface area (Å²) in [5.41, 5.74) is 9.87. The summed E-state index contributed by atoms with van der Waals surface area (Å²) in [5, 5.41) is 13.6. The van der Waals surface area contributed by atoms with Crippen molar-refractivity contribution in [2.24, 2.45) is 5.73 Å². The second-order valence-corrected chi connectivity index (χ2v) is 7.89. The molecule has 0 saturated carbocycles. The van der Waals surface area contributed by atoms with Crippen molar-refractivity contribution in [2.75, 3.05) is 5.32 Å². The number of aryl methyl sites for hydroxylation is 1. The zero-order valence-electron chi connectivity index (χ0n) is 18.1. The quantitative estimate of drug-likeness (QED) is 0.374. The Morgan fingerprint density at radius 3 is 2.42 bits per heavy atom. The molecule has 0 spiro atoms. The molecule has 1 heterocycles. The zero-order valence-corrected chi connectivity index (χ0v) is 18.1. The summed E-state index contributed by atoms with van der Waals surface area (Å²) in [6.07, 6.45) is 0. The summed E-state index contributed by atoms with van der Waals surface area (Å²) < 4.78 is 13.5. The van der Waals surface area contributed by atoms with Crippen LogP contribution in [-0.2, 0) is 0 Å². The fourth-order valence-electron chi connectivity index (χ4n) is 3.95. The van der Waals surface area contributed by atoms with E-state index in [0.717, 1.165) is 16.5 Å². The van der Waals surface area contributed by atoms with Gasteiger partial charge in [-0.2, -0.15) is 0 Å². The summed E-state index contributed by atoms with van der Waals surface area (Å²) in [6.45, 7) is 3.84. The Morgan fingerprint density at radius 1 is 1.06 bits per heavy atom. The third kappa shape index (κ3) is 4.39. The maximum Gasteiger partial charge on any atom is 0.337 e. The molecule has 0 aliphatic heterocycles. The second kappa shape index (κ2) is 8.70. The smallest absolute Gasteiger partial charge is 0.337 e. The van der Waals surface area contributed by atoms with E-state index in [1.54, 1.807) is 36.4 Å². The van der Waals surface area contributed by atoms with E-state index in [1.165, 1.54) is 12.1 Å². The van der Waals surface area contributed by atoms with Gasteiger partial charge in [-0.1, -0.05) is 30.3 Å². The molecule has 6 nitrogen and oxygen atoms in total. The van der Waals surface area contributed by atoms with Gasteiger partial charge in [0, 0.05) is 22.7 Å². The normalized spacial score (nSPS) is 11.8. The zero-order chi connectivity index (χ0) is 23.7. The number of hydrogen-bond donors (Lipinski definition) is 3. The van der Waals surface area contributed by atoms with Gasteiger partial charge in [0.05, 0.1) is 11.1 Å². The molecule has 33 heavy (non-hydrogen) atoms. The SMILES string of the molecule is Cc1cc(C(C)Nc2ccccc2C(=O)O)c2cc(-c3ccc(F)cc3)c(C(N)=O)nc2c1. The number of fused-ring (bicyclic) bond motifs is 1. The van der Waals surface area contributed by atoms with Crippen LogP contribution in [0.4, 0.5) is 10.1 Å². The number of para-hydroxylation sites is 1. The lowest BCUT2D eigenvalue weighted by Crippen LogP contribution is -2.16. The predicted molar refractivity (Wildman–Crippen MR) is 126 cm³/mol. The molecule has 166 valence electrons. The van der Waals surface area contributed by atoms with Crippen molar-refractivity contribution < 1.29 is 19.1 Å². The van der Waals surface area contributed by atoms with Crippen LogP contribution in [0.1, 0.15) is 44.9 Å². The largest absolute Gasteiger partial charge is 0.478 e. The minimum atomic E-state index is -1.02. The summed E-state index contributed by atoms with van der Waals surface area (Å²) in [6, 6.07) is 17.9. The monoisotopic (exact) mass is 443 g/mol. The topological polar surface area (TPSA) is 105 Å². The predicted octanol–water partition coefficient (Wildman–Crippen LogP) is 5.32. The fourth-order valence-corrected chi connectivity index (χ4v) is 3.95. The van der Waals surface area contributed by atoms with Gasteiger partial charge in [0.2, 0.25) is 0 Å². The molecule has 1 unspecified atom stereocenters. The van der Waals surface area contributed by atoms with Crippen LogP contribution in [0.5, 0.6) is 0 Å². The minimum Gasteiger partial charge on any atom is -0.478 e. The average Bonchev–Trinajstić information content (AvgIpc) is 2.78. The summed E-state index contributed by atoms with van der Waals surface area (Å²) in [7, 11) is 0. The van der Waals surface area contributed by atoms with Crippen molar-refractivity contribution in [3.63, 3.8) is 0 Å². The average molecular weight is 443 g/mol. The number of carbonyl (C=O) groups is 2. The molecule has 0 aliphatic rings. The Hall–Kier alpha value is -4.26. The number of nitrogens with zero attached hydrogens (tertiary/aromatic N) is 1. The second-order valence-electron chi connectivity index (χ2n) is 7.89. The maximum absolute atomic E-state index is 13.5. The van der Waals surface area contributed by atoms with Gasteiger partial charge in [0.15, 0.2) is 0 Å². The number of anilines is 1. The molecule has 0 radical (unpaired) electrons. The third-order valence-electron chi connectivity index (χ3n) is 5.50. The van der Waals surface area contributed by atoms with E-state index in [4.69, 9.17) is 5.73 Å². The molecule has 3 aromatic carbocycles. The number of carboxylic acids is 1. The lowest BCUT2D eigenvalue weighted by atomic mass is 9.94. The van der Waals surface area contributed by atoms with Gasteiger partial charge < -0.3 is 16.2 Å². The summed E-state index contributed by atoms with van der Waals surface area (Å²) in [5.74, 6) is -2.09. The number of hydrogen-bond acceptors (Lipinski definition) is 4. The van der Waals surface area contributed by atoms with Crippen molar-refractivity contribution in [1.29, 1.82) is 0 Å². The van der Waals surface area contributed by atoms with E-state index in [9.17, 15) is 19.1 Å². The molecular weight excluding hydrogens is 421 g/mol. The van der Waals surface area contributed by atoms with Crippen LogP contribution in [0.2, 0.25) is 0 Å². The molecule has 4 aromatic rings. The number of nitrogens with one attached hydrogen (secondary N) is 1. The third-order valence-corrected chi connectivity index (χ3v) is 5.50. The first-order valence-corrected chi connectivity index (χ1v) is 10.3. The number of benzene rings is 3. The number of aromatic nitrogens is 1. The Kier molecular flexibility index (Phi) is 5.79. The maximum atomic E-state index is 13.5. The number of halogens is 1. The van der Waals surface area contributed by atoms with Gasteiger partial charge in [-0.05, 0) is 66.9 Å². The number of amides is 1. The highest BCUT2D eigenvalue weighted by Crippen LogP contribution is 2.33. The lowest BCUT2D eigenvalue weighted by molar-refractivity contribution is 0.0697. The molecule has 0 aliphatic carbocycles. The Balaban J connectivity index is 1.88. The van der Waals surface area contributed by atoms with E-state index in [0.29, 0.717) is 22.3 Å². The van der Waals surface area contributed by atoms with Crippen LogP contribution in [-0.4, -0.2) is 22.0 Å². The highest BCUT2D eigenvalue weighted by atomic mass is 19.1. The molecule has 0 saturated heterocycles. The molecule has 0 fully saturated rings. The van der Waals surface area contributed by atoms with E-state index in [-0.39, 0.29) is 23.1 Å². The van der Waals surface area contributed by atoms with E-state index in [2.05, 4.69) is 10.3 Å². The van der Waals surface area contributed by atoms with Crippen molar-refractivity contribution in [3.05, 3.63) is 94.9 Å². The van der Waals surface area contributed by atoms with E-state index >= 15 is 0 Å². The molecule has 4 rings (SSSR count). The molecule has 7 heteroatoms. The van der Waals surface area contributed by atoms with Crippen LogP contribution in [0.3, 0.4) is 0 Å². The van der Waals surface area contributed by atoms with Crippen molar-refractivity contribution in [1.82, 2.24) is 4.98 Å². The lowest BCUT2D eigenvalue weighted by Gasteiger charge is -2.20. The summed E-state index contributed by atoms with van der Waals surface area (Å²) in [4.78, 5) is 28.3. The van der Waals surface area contributed by atoms with Crippen LogP contribution >= 0.6 is 0 Å². The number of aromatic carboxylic acids is 1. The summed E-state index contributed by atoms with van der Waals surface area (Å²) >= 11 is 0. The molecule has 4 N–H and O–H groups in total. The van der Waals surface area contributed by atoms with Gasteiger partial charge in [0.25, 0.3) is 5.91 Å². The van der Waals surface area contributed by atoms with Gasteiger partial charge in [-0.25, -0.2) is 14.2 Å². The first-order chi connectivity index (χ1) is 15.7. The van der Waals surface area contributed by atoms with Crippen molar-refractivity contribution in [2.45, 2.75) is 19.9 Å². The number of nitrogens with two attached hydrogens (primary N) is 1. The standard InChI is InChI=1S/C26H22FN3O3/c1-14-11-19(15(2)29-22-6-4-3-5-18(22)26(32)33)21-13-20(16-7-9-17(27)10-8-16)24(25(28)31)30-23(21)12-14/h3-13,15,29H,1-2H3,(H2,28,31)(H,32,33). The van der Waals surface area contributed by atoms with Gasteiger partial charge in [-0.3, -0.25) is 4.79 Å². The Bertz CT molecular complexity index is 1380. The first-order valence-electron chi connectivity index (χ1n) is 10.3. The van der Waals surface area contributed by atoms with Crippen LogP contribution in [0.25, 0.3) is 22.0 Å². The highest BCUT2D eigenvalue weighted by Gasteiger charge is 2.19. The van der Waals surface area contributed by atoms with Gasteiger partial charge in [0.1, 0.15) is 11.5 Å². The molecule has 0 bridgehead atoms. The van der Waals surface area contributed by atoms with Crippen LogP contribution < -0.4 is 11.1 Å². The number of pyridine rings is 1. The number of primary amides is 1. The number of carbonyl (C=O) groups excluding carboxylic acids is 1. The highest BCUT2D eigenvalue weighted by molar-refractivity contribution is 6.02. The Morgan fingerprint density at radius 2 is 1.76 bits per heavy atom. The number of rotatable bonds is 6. The fraction of sp³-hybridized carbons (Fsp3) is 0.115. The number of carboxylic acid groups (broad SMARTS) is 1. The van der Waals surface area contributed by atoms with Gasteiger partial charge in [-0.15, -0.1) is 0 Å². The molecule has 1 aromatic heterocycles. The first kappa shape index (κ1) is 22.0. The van der Waals surface area contributed by atoms with Crippen molar-refractivity contribution >= 4 is 28.5 Å². The molecular formula is C26H22FN3O3. The molecule has 1 atom stereocenters. The Labute approximate surface area is 189 Å². The minimum absolute atomic E-state index is 0.0995. The van der Waals surface area contributed by atoms with Crippen LogP contribution in [0, 0.1) is 12.7 Å². The van der Waals surface area contributed by atoms with Gasteiger partial charge >= 0.3 is 5.97 Å². The van der Waals surface area contributed by atoms with E-state index < -0.39 is 11.9 Å².